The number of hydrogen-bond donors (Lipinski definition) is 3. The Bertz CT molecular complexity index is 1820. The van der Waals surface area contributed by atoms with E-state index in [0.717, 1.165) is 120 Å². The Morgan fingerprint density at radius 1 is 0.304 bits per heavy atom. The van der Waals surface area contributed by atoms with Gasteiger partial charge in [-0.2, -0.15) is 0 Å². The second-order valence-electron chi connectivity index (χ2n) is 28.0. The van der Waals surface area contributed by atoms with Gasteiger partial charge in [0, 0.05) is 25.7 Å². The van der Waals surface area contributed by atoms with Crippen LogP contribution in [0, 0.1) is 23.7 Å². The molecule has 0 fully saturated rings. The Labute approximate surface area is 562 Å². The molecule has 3 N–H and O–H groups in total. The zero-order chi connectivity index (χ0) is 68.2. The summed E-state index contributed by atoms with van der Waals surface area (Å²) >= 11 is 0. The molecule has 0 saturated carbocycles. The number of ether oxygens (including phenoxy) is 4. The van der Waals surface area contributed by atoms with Crippen LogP contribution in [0.15, 0.2) is 0 Å². The highest BCUT2D eigenvalue weighted by atomic mass is 31.2. The summed E-state index contributed by atoms with van der Waals surface area (Å²) in [6, 6.07) is 0. The van der Waals surface area contributed by atoms with Crippen molar-refractivity contribution in [1.82, 2.24) is 0 Å². The lowest BCUT2D eigenvalue weighted by Crippen LogP contribution is -2.30. The number of phosphoric acid groups is 2. The van der Waals surface area contributed by atoms with E-state index in [9.17, 15) is 43.2 Å². The van der Waals surface area contributed by atoms with E-state index in [4.69, 9.17) is 37.0 Å². The van der Waals surface area contributed by atoms with Crippen molar-refractivity contribution in [2.75, 3.05) is 39.6 Å². The monoisotopic (exact) mass is 1350 g/mol. The van der Waals surface area contributed by atoms with Gasteiger partial charge < -0.3 is 33.8 Å². The number of hydrogen-bond acceptors (Lipinski definition) is 15. The van der Waals surface area contributed by atoms with Crippen LogP contribution < -0.4 is 0 Å². The normalized spacial score (nSPS) is 14.5. The molecule has 0 amide bonds. The van der Waals surface area contributed by atoms with E-state index in [1.165, 1.54) is 154 Å². The molecule has 4 unspecified atom stereocenters. The third kappa shape index (κ3) is 65.4. The summed E-state index contributed by atoms with van der Waals surface area (Å²) in [5, 5.41) is 10.6. The molecule has 0 heterocycles. The molecule has 0 bridgehead atoms. The van der Waals surface area contributed by atoms with Crippen molar-refractivity contribution in [3.8, 4) is 0 Å². The molecule has 0 aliphatic carbocycles. The van der Waals surface area contributed by atoms with Crippen LogP contribution in [0.25, 0.3) is 0 Å². The Morgan fingerprint density at radius 2 is 0.522 bits per heavy atom. The first-order valence-electron chi connectivity index (χ1n) is 37.7. The van der Waals surface area contributed by atoms with Gasteiger partial charge in [-0.15, -0.1) is 0 Å². The SMILES string of the molecule is CCC(C)CCCCCCCCC(=O)OC[C@H](COP(=O)(O)OCC(O)COP(=O)(O)OC[C@@H](COC(=O)CCCCCCCCCC(C)C)OC(=O)CCCCCCCCCCC(C)C)OC(=O)CCCCCCCCCCCCCCCCCCCCC(C)C. The van der Waals surface area contributed by atoms with Crippen LogP contribution in [-0.2, 0) is 65.4 Å². The summed E-state index contributed by atoms with van der Waals surface area (Å²) in [5.74, 6) is 0.845. The van der Waals surface area contributed by atoms with Crippen LogP contribution in [0.5, 0.6) is 0 Å². The minimum Gasteiger partial charge on any atom is -0.462 e. The van der Waals surface area contributed by atoms with E-state index in [1.807, 2.05) is 0 Å². The number of phosphoric ester groups is 2. The van der Waals surface area contributed by atoms with Gasteiger partial charge in [-0.3, -0.25) is 37.3 Å². The smallest absolute Gasteiger partial charge is 0.462 e. The van der Waals surface area contributed by atoms with Crippen molar-refractivity contribution >= 4 is 39.5 Å². The number of rotatable bonds is 70. The highest BCUT2D eigenvalue weighted by Gasteiger charge is 2.30. The third-order valence-corrected chi connectivity index (χ3v) is 19.1. The average Bonchev–Trinajstić information content (AvgIpc) is 3.52. The Morgan fingerprint density at radius 3 is 0.772 bits per heavy atom. The van der Waals surface area contributed by atoms with Crippen molar-refractivity contribution in [2.24, 2.45) is 23.7 Å². The molecule has 0 aliphatic rings. The molecule has 546 valence electrons. The van der Waals surface area contributed by atoms with Gasteiger partial charge in [0.1, 0.15) is 19.3 Å². The summed E-state index contributed by atoms with van der Waals surface area (Å²) in [7, 11) is -9.90. The number of carbonyl (C=O) groups excluding carboxylic acids is 4. The van der Waals surface area contributed by atoms with Crippen molar-refractivity contribution in [2.45, 2.75) is 382 Å². The van der Waals surface area contributed by atoms with Gasteiger partial charge >= 0.3 is 39.5 Å². The van der Waals surface area contributed by atoms with Crippen molar-refractivity contribution in [3.05, 3.63) is 0 Å². The Kier molecular flexibility index (Phi) is 61.3. The highest BCUT2D eigenvalue weighted by Crippen LogP contribution is 2.45. The van der Waals surface area contributed by atoms with Gasteiger partial charge in [-0.05, 0) is 49.4 Å². The zero-order valence-electron chi connectivity index (χ0n) is 60.2. The van der Waals surface area contributed by atoms with Gasteiger partial charge in [0.05, 0.1) is 26.4 Å². The lowest BCUT2D eigenvalue weighted by Gasteiger charge is -2.21. The molecule has 0 rings (SSSR count). The number of carbonyl (C=O) groups is 4. The van der Waals surface area contributed by atoms with E-state index in [-0.39, 0.29) is 25.7 Å². The molecule has 92 heavy (non-hydrogen) atoms. The molecule has 0 saturated heterocycles. The van der Waals surface area contributed by atoms with Crippen LogP contribution in [-0.4, -0.2) is 96.7 Å². The summed E-state index contributed by atoms with van der Waals surface area (Å²) in [6.07, 6.45) is 46.1. The standard InChI is InChI=1S/C73H142O17P2/c1-9-66(8)52-44-36-31-32-38-46-54-71(76)84-60-69(89-72(77)55-47-39-28-21-19-17-15-13-11-10-12-14-16-18-20-25-33-41-49-63(2)3)62-88-92(81,82)86-58-67(74)57-85-91(79,80)87-61-68(59-83-70(75)53-45-37-30-24-27-35-43-51-65(6)7)90-73(78)56-48-40-29-23-22-26-34-42-50-64(4)5/h63-69,74H,9-62H2,1-8H3,(H,79,80)(H,81,82)/t66?,67?,68-,69-/m1/s1. The number of esters is 4. The second-order valence-corrected chi connectivity index (χ2v) is 30.9. The fourth-order valence-corrected chi connectivity index (χ4v) is 12.6. The molecule has 0 aromatic rings. The first kappa shape index (κ1) is 90.1. The molecule has 0 spiro atoms. The van der Waals surface area contributed by atoms with Gasteiger partial charge in [0.25, 0.3) is 0 Å². The fourth-order valence-electron chi connectivity index (χ4n) is 11.0. The van der Waals surface area contributed by atoms with Gasteiger partial charge in [0.2, 0.25) is 0 Å². The quantitative estimate of drug-likeness (QED) is 0.0222. The van der Waals surface area contributed by atoms with Crippen LogP contribution in [0.2, 0.25) is 0 Å². The molecule has 0 aromatic carbocycles. The minimum absolute atomic E-state index is 0.103. The minimum atomic E-state index is -4.95. The maximum Gasteiger partial charge on any atom is 0.472 e. The summed E-state index contributed by atoms with van der Waals surface area (Å²) < 4.78 is 68.3. The second kappa shape index (κ2) is 62.6. The average molecular weight is 1350 g/mol. The maximum absolute atomic E-state index is 13.0. The topological polar surface area (TPSA) is 237 Å². The molecule has 19 heteroatoms. The summed E-state index contributed by atoms with van der Waals surface area (Å²) in [4.78, 5) is 72.6. The Hall–Kier alpha value is -1.94. The van der Waals surface area contributed by atoms with Crippen LogP contribution in [0.1, 0.15) is 364 Å². The lowest BCUT2D eigenvalue weighted by molar-refractivity contribution is -0.161. The van der Waals surface area contributed by atoms with E-state index in [2.05, 4.69) is 55.4 Å². The van der Waals surface area contributed by atoms with Crippen molar-refractivity contribution in [3.63, 3.8) is 0 Å². The fraction of sp³-hybridized carbons (Fsp3) is 0.945. The zero-order valence-corrected chi connectivity index (χ0v) is 62.0. The van der Waals surface area contributed by atoms with Gasteiger partial charge in [0.15, 0.2) is 12.2 Å². The number of aliphatic hydroxyl groups is 1. The maximum atomic E-state index is 13.0. The first-order valence-corrected chi connectivity index (χ1v) is 40.7. The van der Waals surface area contributed by atoms with Crippen LogP contribution in [0.4, 0.5) is 0 Å². The summed E-state index contributed by atoms with van der Waals surface area (Å²) in [6.45, 7) is 14.1. The van der Waals surface area contributed by atoms with Crippen molar-refractivity contribution < 1.29 is 80.2 Å². The van der Waals surface area contributed by atoms with Gasteiger partial charge in [-0.25, -0.2) is 9.13 Å². The van der Waals surface area contributed by atoms with Gasteiger partial charge in [-0.1, -0.05) is 312 Å². The first-order chi connectivity index (χ1) is 44.1. The molecule has 17 nitrogen and oxygen atoms in total. The number of aliphatic hydroxyl groups excluding tert-OH is 1. The van der Waals surface area contributed by atoms with E-state index in [0.29, 0.717) is 31.6 Å². The molecule has 6 atom stereocenters. The molecular formula is C73H142O17P2. The predicted octanol–water partition coefficient (Wildman–Crippen LogP) is 20.9. The van der Waals surface area contributed by atoms with Crippen LogP contribution in [0.3, 0.4) is 0 Å². The largest absolute Gasteiger partial charge is 0.472 e. The van der Waals surface area contributed by atoms with Crippen LogP contribution >= 0.6 is 15.6 Å². The Balaban J connectivity index is 5.17. The molecule has 0 aromatic heterocycles. The number of unbranched alkanes of at least 4 members (excludes halogenated alkanes) is 35. The molecule has 0 radical (unpaired) electrons. The van der Waals surface area contributed by atoms with E-state index < -0.39 is 97.5 Å². The van der Waals surface area contributed by atoms with E-state index in [1.54, 1.807) is 0 Å². The predicted molar refractivity (Wildman–Crippen MR) is 372 cm³/mol. The molecular weight excluding hydrogens is 1210 g/mol. The highest BCUT2D eigenvalue weighted by molar-refractivity contribution is 7.47. The molecule has 0 aliphatic heterocycles. The lowest BCUT2D eigenvalue weighted by atomic mass is 10.00. The summed E-state index contributed by atoms with van der Waals surface area (Å²) in [5.41, 5.74) is 0. The van der Waals surface area contributed by atoms with Crippen molar-refractivity contribution in [1.29, 1.82) is 0 Å². The van der Waals surface area contributed by atoms with E-state index >= 15 is 0 Å². The third-order valence-electron chi connectivity index (χ3n) is 17.2.